The van der Waals surface area contributed by atoms with E-state index in [-0.39, 0.29) is 29.8 Å². The highest BCUT2D eigenvalue weighted by atomic mass is 35.5. The van der Waals surface area contributed by atoms with Crippen LogP contribution >= 0.6 is 11.6 Å². The number of sulfonamides is 1. The van der Waals surface area contributed by atoms with Crippen LogP contribution in [0.2, 0.25) is 5.02 Å². The normalized spacial score (nSPS) is 13.5. The lowest BCUT2D eigenvalue weighted by Crippen LogP contribution is -2.43. The quantitative estimate of drug-likeness (QED) is 0.639. The van der Waals surface area contributed by atoms with Gasteiger partial charge in [0, 0.05) is 17.6 Å². The van der Waals surface area contributed by atoms with Crippen LogP contribution in [0.4, 0.5) is 4.39 Å². The molecule has 4 nitrogen and oxygen atoms in total. The minimum Gasteiger partial charge on any atom is -0.395 e. The second-order valence-corrected chi connectivity index (χ2v) is 9.28. The van der Waals surface area contributed by atoms with Gasteiger partial charge >= 0.3 is 0 Å². The summed E-state index contributed by atoms with van der Waals surface area (Å²) in [4.78, 5) is 0.110. The molecule has 2 aromatic carbocycles. The molecule has 0 bridgehead atoms. The standard InChI is InChI=1S/C21H25ClFNO3S/c1-16(2)13-20(15-25)24(12-4-6-17-5-3-7-19(23)14-17)28(26,27)21-10-8-18(22)9-11-21/h3-11,14,16,20,25H,12-13,15H2,1-2H3. The summed E-state index contributed by atoms with van der Waals surface area (Å²) in [5.41, 5.74) is 0.633. The molecule has 0 radical (unpaired) electrons. The van der Waals surface area contributed by atoms with Crippen molar-refractivity contribution in [2.75, 3.05) is 13.2 Å². The molecular weight excluding hydrogens is 401 g/mol. The summed E-state index contributed by atoms with van der Waals surface area (Å²) in [5.74, 6) is -0.159. The van der Waals surface area contributed by atoms with E-state index in [1.54, 1.807) is 24.3 Å². The first-order valence-electron chi connectivity index (χ1n) is 9.04. The molecule has 0 aliphatic heterocycles. The second kappa shape index (κ2) is 10.2. The highest BCUT2D eigenvalue weighted by Crippen LogP contribution is 2.23. The molecule has 28 heavy (non-hydrogen) atoms. The van der Waals surface area contributed by atoms with Crippen LogP contribution in [0.3, 0.4) is 0 Å². The Balaban J connectivity index is 2.34. The number of nitrogens with zero attached hydrogens (tertiary/aromatic N) is 1. The molecule has 1 N–H and O–H groups in total. The zero-order chi connectivity index (χ0) is 20.7. The maximum absolute atomic E-state index is 13.3. The number of benzene rings is 2. The lowest BCUT2D eigenvalue weighted by molar-refractivity contribution is 0.175. The van der Waals surface area contributed by atoms with Crippen molar-refractivity contribution < 1.29 is 17.9 Å². The zero-order valence-electron chi connectivity index (χ0n) is 15.9. The minimum absolute atomic E-state index is 0.0550. The second-order valence-electron chi connectivity index (χ2n) is 6.95. The van der Waals surface area contributed by atoms with Crippen molar-refractivity contribution in [1.29, 1.82) is 0 Å². The highest BCUT2D eigenvalue weighted by Gasteiger charge is 2.30. The van der Waals surface area contributed by atoms with Gasteiger partial charge in [-0.25, -0.2) is 12.8 Å². The van der Waals surface area contributed by atoms with Gasteiger partial charge in [-0.05, 0) is 54.3 Å². The van der Waals surface area contributed by atoms with Gasteiger partial charge in [-0.3, -0.25) is 0 Å². The minimum atomic E-state index is -3.85. The third-order valence-electron chi connectivity index (χ3n) is 4.23. The van der Waals surface area contributed by atoms with E-state index in [0.29, 0.717) is 17.0 Å². The molecule has 0 spiro atoms. The van der Waals surface area contributed by atoms with E-state index in [4.69, 9.17) is 11.6 Å². The summed E-state index contributed by atoms with van der Waals surface area (Å²) in [6, 6.07) is 11.4. The summed E-state index contributed by atoms with van der Waals surface area (Å²) in [6.45, 7) is 3.70. The number of aliphatic hydroxyl groups is 1. The van der Waals surface area contributed by atoms with Gasteiger partial charge in [0.2, 0.25) is 10.0 Å². The topological polar surface area (TPSA) is 57.6 Å². The molecule has 1 unspecified atom stereocenters. The molecular formula is C21H25ClFNO3S. The number of rotatable bonds is 9. The third-order valence-corrected chi connectivity index (χ3v) is 6.41. The predicted octanol–water partition coefficient (Wildman–Crippen LogP) is 4.59. The smallest absolute Gasteiger partial charge is 0.243 e. The van der Waals surface area contributed by atoms with E-state index in [1.165, 1.54) is 40.7 Å². The molecule has 0 fully saturated rings. The van der Waals surface area contributed by atoms with Gasteiger partial charge < -0.3 is 5.11 Å². The zero-order valence-corrected chi connectivity index (χ0v) is 17.5. The number of aliphatic hydroxyl groups excluding tert-OH is 1. The van der Waals surface area contributed by atoms with Crippen molar-refractivity contribution in [2.45, 2.75) is 31.2 Å². The average Bonchev–Trinajstić information content (AvgIpc) is 2.64. The first-order chi connectivity index (χ1) is 13.2. The summed E-state index contributed by atoms with van der Waals surface area (Å²) in [7, 11) is -3.85. The van der Waals surface area contributed by atoms with Gasteiger partial charge in [-0.15, -0.1) is 0 Å². The van der Waals surface area contributed by atoms with Crippen molar-refractivity contribution in [2.24, 2.45) is 5.92 Å². The van der Waals surface area contributed by atoms with E-state index in [1.807, 2.05) is 13.8 Å². The van der Waals surface area contributed by atoms with Crippen molar-refractivity contribution in [1.82, 2.24) is 4.31 Å². The lowest BCUT2D eigenvalue weighted by atomic mass is 10.0. The fraction of sp³-hybridized carbons (Fsp3) is 0.333. The molecule has 0 aromatic heterocycles. The largest absolute Gasteiger partial charge is 0.395 e. The summed E-state index contributed by atoms with van der Waals surface area (Å²) < 4.78 is 41.0. The van der Waals surface area contributed by atoms with Crippen molar-refractivity contribution in [3.05, 3.63) is 71.0 Å². The Morgan fingerprint density at radius 3 is 2.43 bits per heavy atom. The van der Waals surface area contributed by atoms with Gasteiger partial charge in [0.05, 0.1) is 11.5 Å². The maximum atomic E-state index is 13.3. The van der Waals surface area contributed by atoms with Gasteiger partial charge in [0.1, 0.15) is 5.82 Å². The Bertz CT molecular complexity index is 898. The van der Waals surface area contributed by atoms with Gasteiger partial charge in [-0.2, -0.15) is 4.31 Å². The molecule has 0 saturated heterocycles. The van der Waals surface area contributed by atoms with Crippen LogP contribution in [0.5, 0.6) is 0 Å². The van der Waals surface area contributed by atoms with Crippen molar-refractivity contribution in [3.8, 4) is 0 Å². The molecule has 0 aliphatic carbocycles. The summed E-state index contributed by atoms with van der Waals surface area (Å²) in [5, 5.41) is 10.3. The summed E-state index contributed by atoms with van der Waals surface area (Å²) in [6.07, 6.45) is 3.83. The Kier molecular flexibility index (Phi) is 8.19. The average molecular weight is 426 g/mol. The first-order valence-corrected chi connectivity index (χ1v) is 10.9. The lowest BCUT2D eigenvalue weighted by Gasteiger charge is -2.30. The van der Waals surface area contributed by atoms with Gasteiger partial charge in [0.25, 0.3) is 0 Å². The Morgan fingerprint density at radius 1 is 1.18 bits per heavy atom. The fourth-order valence-electron chi connectivity index (χ4n) is 2.92. The molecule has 0 amide bonds. The number of halogens is 2. The van der Waals surface area contributed by atoms with Crippen LogP contribution in [-0.2, 0) is 10.0 Å². The van der Waals surface area contributed by atoms with Crippen molar-refractivity contribution >= 4 is 27.7 Å². The number of hydrogen-bond donors (Lipinski definition) is 1. The van der Waals surface area contributed by atoms with E-state index < -0.39 is 16.1 Å². The van der Waals surface area contributed by atoms with Gasteiger partial charge in [0.15, 0.2) is 0 Å². The molecule has 0 aliphatic rings. The third kappa shape index (κ3) is 6.14. The SMILES string of the molecule is CC(C)CC(CO)N(CC=Cc1cccc(F)c1)S(=O)(=O)c1ccc(Cl)cc1. The molecule has 7 heteroatoms. The first kappa shape index (κ1) is 22.6. The van der Waals surface area contributed by atoms with E-state index in [2.05, 4.69) is 0 Å². The summed E-state index contributed by atoms with van der Waals surface area (Å²) >= 11 is 5.87. The van der Waals surface area contributed by atoms with E-state index in [0.717, 1.165) is 0 Å². The van der Waals surface area contributed by atoms with Gasteiger partial charge in [-0.1, -0.05) is 49.7 Å². The number of hydrogen-bond acceptors (Lipinski definition) is 3. The fourth-order valence-corrected chi connectivity index (χ4v) is 4.62. The van der Waals surface area contributed by atoms with Crippen molar-refractivity contribution in [3.63, 3.8) is 0 Å². The Hall–Kier alpha value is -1.73. The highest BCUT2D eigenvalue weighted by molar-refractivity contribution is 7.89. The molecule has 0 saturated carbocycles. The van der Waals surface area contributed by atoms with Crippen LogP contribution in [0.25, 0.3) is 6.08 Å². The monoisotopic (exact) mass is 425 g/mol. The molecule has 2 rings (SSSR count). The molecule has 2 aromatic rings. The Labute approximate surface area is 171 Å². The van der Waals surface area contributed by atoms with Crippen LogP contribution in [-0.4, -0.2) is 37.0 Å². The van der Waals surface area contributed by atoms with Crippen LogP contribution in [0.15, 0.2) is 59.5 Å². The molecule has 0 heterocycles. The van der Waals surface area contributed by atoms with Crippen LogP contribution < -0.4 is 0 Å². The maximum Gasteiger partial charge on any atom is 0.243 e. The predicted molar refractivity (Wildman–Crippen MR) is 111 cm³/mol. The van der Waals surface area contributed by atoms with E-state index in [9.17, 15) is 17.9 Å². The Morgan fingerprint density at radius 2 is 1.86 bits per heavy atom. The van der Waals surface area contributed by atoms with Crippen LogP contribution in [0, 0.1) is 11.7 Å². The molecule has 1 atom stereocenters. The molecule has 152 valence electrons. The van der Waals surface area contributed by atoms with E-state index >= 15 is 0 Å². The van der Waals surface area contributed by atoms with Crippen LogP contribution in [0.1, 0.15) is 25.8 Å².